The Morgan fingerprint density at radius 3 is 1.40 bits per heavy atom. The Kier molecular flexibility index (Phi) is 11.4. The summed E-state index contributed by atoms with van der Waals surface area (Å²) >= 11 is 0. The number of amides is 4. The predicted molar refractivity (Wildman–Crippen MR) is 147 cm³/mol. The number of benzene rings is 2. The van der Waals surface area contributed by atoms with Gasteiger partial charge < -0.3 is 20.1 Å². The fourth-order valence-corrected chi connectivity index (χ4v) is 3.18. The number of carbonyl (C=O) groups is 4. The van der Waals surface area contributed by atoms with Crippen molar-refractivity contribution < 1.29 is 28.7 Å². The molecular formula is C28H28N6O6. The zero-order chi connectivity index (χ0) is 29.7. The maximum atomic E-state index is 12.1. The van der Waals surface area contributed by atoms with Crippen molar-refractivity contribution in [2.24, 2.45) is 0 Å². The van der Waals surface area contributed by atoms with Crippen LogP contribution in [0.15, 0.2) is 59.9 Å². The van der Waals surface area contributed by atoms with E-state index in [9.17, 15) is 29.7 Å². The Hall–Kier alpha value is -5.62. The summed E-state index contributed by atoms with van der Waals surface area (Å²) in [6.07, 6.45) is 2.59. The number of anilines is 2. The van der Waals surface area contributed by atoms with Crippen LogP contribution in [0.25, 0.3) is 11.1 Å². The van der Waals surface area contributed by atoms with Gasteiger partial charge >= 0.3 is 0 Å². The highest BCUT2D eigenvalue weighted by molar-refractivity contribution is 6.07. The van der Waals surface area contributed by atoms with E-state index in [1.807, 2.05) is 0 Å². The number of nitrogens with zero attached hydrogens (tertiary/aromatic N) is 2. The topological polar surface area (TPSA) is 182 Å². The Labute approximate surface area is 231 Å². The van der Waals surface area contributed by atoms with Crippen molar-refractivity contribution in [2.45, 2.75) is 26.7 Å². The number of ether oxygens (including phenoxy) is 2. The first-order valence-corrected chi connectivity index (χ1v) is 12.0. The van der Waals surface area contributed by atoms with Gasteiger partial charge in [-0.1, -0.05) is 13.8 Å². The molecule has 40 heavy (non-hydrogen) atoms. The average Bonchev–Trinajstić information content (AvgIpc) is 2.97. The van der Waals surface area contributed by atoms with Crippen molar-refractivity contribution in [3.8, 4) is 34.8 Å². The highest BCUT2D eigenvalue weighted by Crippen LogP contribution is 2.39. The molecule has 0 aliphatic rings. The van der Waals surface area contributed by atoms with Crippen LogP contribution < -0.4 is 30.7 Å². The van der Waals surface area contributed by atoms with E-state index in [0.717, 1.165) is 0 Å². The highest BCUT2D eigenvalue weighted by Gasteiger charge is 2.15. The number of methoxy groups -OCH3 is 2. The standard InChI is InChI=1S/C28H28N6O6/c1-5-25(35)33-27(37)17(13-29)15-31-19-7-9-21(23(11-19)39-3)22-10-8-20(12-24(22)40-4)32-16-18(14-30)28(38)34-26(36)6-2/h7-12,15-16,31-32H,5-6H2,1-4H3,(H,33,35,37)(H,34,36,38)/b17-15-,18-16+. The first-order chi connectivity index (χ1) is 19.2. The van der Waals surface area contributed by atoms with Crippen LogP contribution in [-0.4, -0.2) is 37.8 Å². The summed E-state index contributed by atoms with van der Waals surface area (Å²) in [5.41, 5.74) is 1.79. The van der Waals surface area contributed by atoms with Crippen LogP contribution in [0.1, 0.15) is 26.7 Å². The van der Waals surface area contributed by atoms with E-state index in [4.69, 9.17) is 9.47 Å². The second-order valence-corrected chi connectivity index (χ2v) is 7.92. The zero-order valence-corrected chi connectivity index (χ0v) is 22.4. The second-order valence-electron chi connectivity index (χ2n) is 7.92. The summed E-state index contributed by atoms with van der Waals surface area (Å²) in [5, 5.41) is 28.5. The van der Waals surface area contributed by atoms with Gasteiger partial charge in [-0.25, -0.2) is 0 Å². The molecule has 12 heteroatoms. The monoisotopic (exact) mass is 544 g/mol. The molecule has 0 saturated heterocycles. The lowest BCUT2D eigenvalue weighted by Gasteiger charge is -2.15. The Balaban J connectivity index is 2.30. The van der Waals surface area contributed by atoms with Crippen LogP contribution in [-0.2, 0) is 19.2 Å². The number of nitriles is 2. The van der Waals surface area contributed by atoms with Gasteiger partial charge in [0, 0.05) is 59.9 Å². The van der Waals surface area contributed by atoms with Gasteiger partial charge in [0.25, 0.3) is 11.8 Å². The Bertz CT molecular complexity index is 1340. The van der Waals surface area contributed by atoms with E-state index in [1.54, 1.807) is 62.4 Å². The molecule has 0 aliphatic carbocycles. The van der Waals surface area contributed by atoms with Gasteiger partial charge in [0.1, 0.15) is 34.8 Å². The molecule has 2 aromatic rings. The van der Waals surface area contributed by atoms with E-state index in [2.05, 4.69) is 21.3 Å². The third kappa shape index (κ3) is 8.19. The first kappa shape index (κ1) is 30.6. The lowest BCUT2D eigenvalue weighted by atomic mass is 10.0. The quantitative estimate of drug-likeness (QED) is 0.242. The minimum absolute atomic E-state index is 0.104. The second kappa shape index (κ2) is 15.0. The molecule has 0 bridgehead atoms. The number of imide groups is 2. The summed E-state index contributed by atoms with van der Waals surface area (Å²) in [7, 11) is 2.96. The Morgan fingerprint density at radius 2 is 1.10 bits per heavy atom. The van der Waals surface area contributed by atoms with Gasteiger partial charge in [0.2, 0.25) is 11.8 Å². The minimum atomic E-state index is -0.810. The van der Waals surface area contributed by atoms with Gasteiger partial charge in [-0.05, 0) is 24.3 Å². The van der Waals surface area contributed by atoms with Gasteiger partial charge in [-0.15, -0.1) is 0 Å². The van der Waals surface area contributed by atoms with Gasteiger partial charge in [0.05, 0.1) is 14.2 Å². The minimum Gasteiger partial charge on any atom is -0.496 e. The molecule has 0 saturated carbocycles. The summed E-state index contributed by atoms with van der Waals surface area (Å²) < 4.78 is 11.1. The normalized spacial score (nSPS) is 10.8. The van der Waals surface area contributed by atoms with Crippen molar-refractivity contribution in [3.63, 3.8) is 0 Å². The third-order valence-corrected chi connectivity index (χ3v) is 5.34. The molecule has 0 unspecified atom stereocenters. The molecule has 4 N–H and O–H groups in total. The van der Waals surface area contributed by atoms with Crippen molar-refractivity contribution >= 4 is 35.0 Å². The first-order valence-electron chi connectivity index (χ1n) is 12.0. The smallest absolute Gasteiger partial charge is 0.269 e. The molecule has 0 aromatic heterocycles. The molecule has 12 nitrogen and oxygen atoms in total. The molecule has 0 atom stereocenters. The van der Waals surface area contributed by atoms with Crippen LogP contribution in [0.5, 0.6) is 11.5 Å². The van der Waals surface area contributed by atoms with Gasteiger partial charge in [-0.2, -0.15) is 10.5 Å². The summed E-state index contributed by atoms with van der Waals surface area (Å²) in [5.74, 6) is -1.71. The maximum absolute atomic E-state index is 12.1. The van der Waals surface area contributed by atoms with Crippen LogP contribution in [0, 0.1) is 22.7 Å². The van der Waals surface area contributed by atoms with Crippen molar-refractivity contribution in [1.29, 1.82) is 10.5 Å². The SMILES string of the molecule is CCC(=O)NC(=O)/C(C#N)=C\Nc1ccc(-c2ccc(N/C=C(\C#N)C(=O)NC(=O)CC)cc2OC)c(OC)c1. The van der Waals surface area contributed by atoms with Crippen LogP contribution >= 0.6 is 0 Å². The van der Waals surface area contributed by atoms with Crippen LogP contribution in [0.3, 0.4) is 0 Å². The van der Waals surface area contributed by atoms with E-state index < -0.39 is 23.6 Å². The number of hydrogen-bond acceptors (Lipinski definition) is 10. The van der Waals surface area contributed by atoms with Crippen molar-refractivity contribution in [1.82, 2.24) is 10.6 Å². The molecule has 206 valence electrons. The van der Waals surface area contributed by atoms with E-state index in [-0.39, 0.29) is 24.0 Å². The fraction of sp³-hybridized carbons (Fsp3) is 0.214. The van der Waals surface area contributed by atoms with Crippen LogP contribution in [0.4, 0.5) is 11.4 Å². The molecule has 4 amide bonds. The average molecular weight is 545 g/mol. The zero-order valence-electron chi connectivity index (χ0n) is 22.4. The van der Waals surface area contributed by atoms with E-state index >= 15 is 0 Å². The number of rotatable bonds is 11. The van der Waals surface area contributed by atoms with Gasteiger partial charge in [-0.3, -0.25) is 29.8 Å². The van der Waals surface area contributed by atoms with E-state index in [1.165, 1.54) is 26.6 Å². The number of nitrogens with one attached hydrogen (secondary N) is 4. The molecule has 2 rings (SSSR count). The largest absolute Gasteiger partial charge is 0.496 e. The lowest BCUT2D eigenvalue weighted by Crippen LogP contribution is -2.30. The number of hydrogen-bond donors (Lipinski definition) is 4. The third-order valence-electron chi connectivity index (χ3n) is 5.34. The predicted octanol–water partition coefficient (Wildman–Crippen LogP) is 3.12. The summed E-state index contributed by atoms with van der Waals surface area (Å²) in [4.78, 5) is 47.0. The molecule has 0 radical (unpaired) electrons. The lowest BCUT2D eigenvalue weighted by molar-refractivity contribution is -0.129. The van der Waals surface area contributed by atoms with Crippen molar-refractivity contribution in [3.05, 3.63) is 59.9 Å². The highest BCUT2D eigenvalue weighted by atomic mass is 16.5. The fourth-order valence-electron chi connectivity index (χ4n) is 3.18. The van der Waals surface area contributed by atoms with Crippen molar-refractivity contribution in [2.75, 3.05) is 24.9 Å². The maximum Gasteiger partial charge on any atom is 0.269 e. The number of carbonyl (C=O) groups excluding carboxylic acids is 4. The molecule has 0 heterocycles. The molecule has 0 spiro atoms. The molecule has 2 aromatic carbocycles. The Morgan fingerprint density at radius 1 is 0.725 bits per heavy atom. The summed E-state index contributed by atoms with van der Waals surface area (Å²) in [6.45, 7) is 3.18. The molecular weight excluding hydrogens is 516 g/mol. The van der Waals surface area contributed by atoms with Crippen LogP contribution in [0.2, 0.25) is 0 Å². The molecule has 0 aliphatic heterocycles. The van der Waals surface area contributed by atoms with E-state index in [0.29, 0.717) is 34.0 Å². The molecule has 0 fully saturated rings. The van der Waals surface area contributed by atoms with Gasteiger partial charge in [0.15, 0.2) is 0 Å². The summed E-state index contributed by atoms with van der Waals surface area (Å²) in [6, 6.07) is 13.7.